The lowest BCUT2D eigenvalue weighted by Gasteiger charge is -2.64. The van der Waals surface area contributed by atoms with Crippen LogP contribution < -0.4 is 0 Å². The van der Waals surface area contributed by atoms with Crippen LogP contribution in [0, 0.1) is 38.9 Å². The molecule has 0 saturated heterocycles. The quantitative estimate of drug-likeness (QED) is 0.306. The largest absolute Gasteiger partial charge is 0.481 e. The average molecular weight is 503 g/mol. The zero-order valence-electron chi connectivity index (χ0n) is 23.2. The number of carboxylic acids is 1. The van der Waals surface area contributed by atoms with Gasteiger partial charge in [-0.05, 0) is 105 Å². The Bertz CT molecular complexity index is 1030. The zero-order chi connectivity index (χ0) is 26.6. The van der Waals surface area contributed by atoms with Crippen LogP contribution in [0.4, 0.5) is 0 Å². The Balaban J connectivity index is 1.62. The lowest BCUT2D eigenvalue weighted by molar-refractivity contribution is -0.154. The fourth-order valence-corrected chi connectivity index (χ4v) is 8.86. The van der Waals surface area contributed by atoms with Crippen molar-refractivity contribution in [2.24, 2.45) is 16.2 Å². The monoisotopic (exact) mass is 502 g/mol. The third-order valence-electron chi connectivity index (χ3n) is 11.4. The third kappa shape index (κ3) is 4.82. The molecule has 37 heavy (non-hydrogen) atoms. The zero-order valence-corrected chi connectivity index (χ0v) is 23.2. The van der Waals surface area contributed by atoms with Gasteiger partial charge in [0.15, 0.2) is 0 Å². The van der Waals surface area contributed by atoms with Crippen molar-refractivity contribution >= 4 is 5.97 Å². The maximum Gasteiger partial charge on any atom is 0.314 e. The van der Waals surface area contributed by atoms with Gasteiger partial charge >= 0.3 is 5.97 Å². The van der Waals surface area contributed by atoms with Crippen molar-refractivity contribution in [3.63, 3.8) is 0 Å². The van der Waals surface area contributed by atoms with Crippen LogP contribution in [0.5, 0.6) is 0 Å². The summed E-state index contributed by atoms with van der Waals surface area (Å²) in [7, 11) is 0. The molecule has 0 amide bonds. The van der Waals surface area contributed by atoms with Crippen molar-refractivity contribution in [3.8, 4) is 12.1 Å². The standard InChI is InChI=1S/C33H46N2O2/c1-3-5-7-12-30-14-17-32(18-15-30,19-16-30)31(13-8-6-4-2)20-22-33(23-21-31,29(36)37)28-11-9-10-26(24-34)27(28)25-35/h9-11H,3-8,12-23H2,1-2H3,(H,36,37)/t30?,31-,32?,33+. The fraction of sp³-hybridized carbons (Fsp3) is 0.727. The minimum absolute atomic E-state index is 0.205. The van der Waals surface area contributed by atoms with Crippen molar-refractivity contribution in [2.45, 2.75) is 135 Å². The fourth-order valence-electron chi connectivity index (χ4n) is 8.86. The van der Waals surface area contributed by atoms with Gasteiger partial charge in [-0.1, -0.05) is 64.5 Å². The van der Waals surface area contributed by atoms with E-state index >= 15 is 0 Å². The third-order valence-corrected chi connectivity index (χ3v) is 11.4. The summed E-state index contributed by atoms with van der Waals surface area (Å²) in [6.45, 7) is 4.56. The lowest BCUT2D eigenvalue weighted by atomic mass is 9.41. The molecule has 4 aliphatic carbocycles. The van der Waals surface area contributed by atoms with Crippen molar-refractivity contribution in [1.82, 2.24) is 0 Å². The van der Waals surface area contributed by atoms with Crippen LogP contribution in [0.1, 0.15) is 146 Å². The van der Waals surface area contributed by atoms with Gasteiger partial charge in [-0.15, -0.1) is 0 Å². The minimum atomic E-state index is -1.07. The molecule has 1 aromatic rings. The highest BCUT2D eigenvalue weighted by molar-refractivity contribution is 5.83. The van der Waals surface area contributed by atoms with Crippen LogP contribution >= 0.6 is 0 Å². The minimum Gasteiger partial charge on any atom is -0.481 e. The topological polar surface area (TPSA) is 84.9 Å². The molecule has 0 aliphatic heterocycles. The van der Waals surface area contributed by atoms with E-state index in [9.17, 15) is 20.4 Å². The maximum absolute atomic E-state index is 12.9. The highest BCUT2D eigenvalue weighted by Crippen LogP contribution is 2.70. The highest BCUT2D eigenvalue weighted by Gasteiger charge is 2.60. The summed E-state index contributed by atoms with van der Waals surface area (Å²) in [6, 6.07) is 9.47. The number of hydrogen-bond donors (Lipinski definition) is 1. The van der Waals surface area contributed by atoms with Crippen molar-refractivity contribution in [2.75, 3.05) is 0 Å². The Labute approximate surface area is 224 Å². The molecule has 5 rings (SSSR count). The average Bonchev–Trinajstić information content (AvgIpc) is 2.94. The van der Waals surface area contributed by atoms with E-state index in [0.29, 0.717) is 29.2 Å². The molecule has 4 heteroatoms. The first-order valence-electron chi connectivity index (χ1n) is 15.0. The van der Waals surface area contributed by atoms with E-state index in [-0.39, 0.29) is 16.5 Å². The number of unbranched alkanes of at least 4 members (excludes halogenated alkanes) is 4. The van der Waals surface area contributed by atoms with Crippen LogP contribution in [0.15, 0.2) is 18.2 Å². The van der Waals surface area contributed by atoms with Gasteiger partial charge in [-0.3, -0.25) is 4.79 Å². The summed E-state index contributed by atoms with van der Waals surface area (Å²) in [5.74, 6) is -0.832. The number of benzene rings is 1. The molecule has 4 saturated carbocycles. The molecule has 0 heterocycles. The highest BCUT2D eigenvalue weighted by atomic mass is 16.4. The number of rotatable bonds is 11. The SMILES string of the molecule is CCCCCC12CCC([C@]3(CCCCC)CC[C@@](C(=O)O)(c4cccc(C#N)c4C#N)CC3)(CC1)CC2. The number of aliphatic carboxylic acids is 1. The lowest BCUT2D eigenvalue weighted by Crippen LogP contribution is -2.55. The number of nitriles is 2. The second kappa shape index (κ2) is 11.2. The Morgan fingerprint density at radius 2 is 1.41 bits per heavy atom. The van der Waals surface area contributed by atoms with E-state index in [1.165, 1.54) is 89.9 Å². The van der Waals surface area contributed by atoms with Gasteiger partial charge in [0, 0.05) is 0 Å². The van der Waals surface area contributed by atoms with Crippen LogP contribution in [0.2, 0.25) is 0 Å². The molecule has 1 aromatic carbocycles. The molecular weight excluding hydrogens is 456 g/mol. The number of carboxylic acid groups (broad SMARTS) is 1. The van der Waals surface area contributed by atoms with Gasteiger partial charge < -0.3 is 5.11 Å². The van der Waals surface area contributed by atoms with Crippen LogP contribution in [0.25, 0.3) is 0 Å². The smallest absolute Gasteiger partial charge is 0.314 e. The summed E-state index contributed by atoms with van der Waals surface area (Å²) < 4.78 is 0. The number of nitrogens with zero attached hydrogens (tertiary/aromatic N) is 2. The van der Waals surface area contributed by atoms with Gasteiger partial charge in [0.2, 0.25) is 0 Å². The van der Waals surface area contributed by atoms with Crippen molar-refractivity contribution < 1.29 is 9.90 Å². The summed E-state index contributed by atoms with van der Waals surface area (Å²) >= 11 is 0. The second-order valence-electron chi connectivity index (χ2n) is 12.8. The molecule has 4 aliphatic rings. The molecule has 1 N–H and O–H groups in total. The molecule has 4 fully saturated rings. The van der Waals surface area contributed by atoms with E-state index < -0.39 is 11.4 Å². The first kappa shape index (κ1) is 27.7. The van der Waals surface area contributed by atoms with Crippen LogP contribution in [-0.2, 0) is 10.2 Å². The summed E-state index contributed by atoms with van der Waals surface area (Å²) in [5.41, 5.74) is 1.16. The molecule has 0 unspecified atom stereocenters. The van der Waals surface area contributed by atoms with Crippen LogP contribution in [0.3, 0.4) is 0 Å². The number of carbonyl (C=O) groups is 1. The summed E-state index contributed by atoms with van der Waals surface area (Å²) in [4.78, 5) is 12.9. The summed E-state index contributed by atoms with van der Waals surface area (Å²) in [5, 5.41) is 30.1. The van der Waals surface area contributed by atoms with Crippen LogP contribution in [-0.4, -0.2) is 11.1 Å². The summed E-state index contributed by atoms with van der Waals surface area (Å²) in [6.07, 6.45) is 21.3. The van der Waals surface area contributed by atoms with Gasteiger partial charge in [-0.25, -0.2) is 0 Å². The molecule has 0 aromatic heterocycles. The Hall–Kier alpha value is -2.33. The van der Waals surface area contributed by atoms with E-state index in [4.69, 9.17) is 0 Å². The Kier molecular flexibility index (Phi) is 8.38. The van der Waals surface area contributed by atoms with Crippen molar-refractivity contribution in [1.29, 1.82) is 10.5 Å². The predicted octanol–water partition coefficient (Wildman–Crippen LogP) is 8.81. The molecule has 4 nitrogen and oxygen atoms in total. The molecule has 200 valence electrons. The number of fused-ring (bicyclic) bond motifs is 3. The van der Waals surface area contributed by atoms with Gasteiger partial charge in [0.05, 0.1) is 16.5 Å². The Morgan fingerprint density at radius 3 is 1.92 bits per heavy atom. The first-order chi connectivity index (χ1) is 17.9. The first-order valence-corrected chi connectivity index (χ1v) is 15.0. The Morgan fingerprint density at radius 1 is 0.811 bits per heavy atom. The van der Waals surface area contributed by atoms with E-state index in [1.54, 1.807) is 18.2 Å². The molecule has 0 atom stereocenters. The molecule has 0 spiro atoms. The van der Waals surface area contributed by atoms with Gasteiger partial charge in [0.1, 0.15) is 12.1 Å². The molecule has 2 bridgehead atoms. The second-order valence-corrected chi connectivity index (χ2v) is 12.8. The van der Waals surface area contributed by atoms with Gasteiger partial charge in [0.25, 0.3) is 0 Å². The number of hydrogen-bond acceptors (Lipinski definition) is 3. The normalized spacial score (nSPS) is 33.0. The van der Waals surface area contributed by atoms with Gasteiger partial charge in [-0.2, -0.15) is 10.5 Å². The van der Waals surface area contributed by atoms with E-state index in [0.717, 1.165) is 12.8 Å². The molecule has 0 radical (unpaired) electrons. The van der Waals surface area contributed by atoms with E-state index in [1.807, 2.05) is 0 Å². The molecular formula is C33H46N2O2. The van der Waals surface area contributed by atoms with Crippen molar-refractivity contribution in [3.05, 3.63) is 34.9 Å². The predicted molar refractivity (Wildman–Crippen MR) is 147 cm³/mol. The van der Waals surface area contributed by atoms with E-state index in [2.05, 4.69) is 26.0 Å². The maximum atomic E-state index is 12.9.